The normalized spacial score (nSPS) is 17.2. The molecule has 2 aromatic rings. The van der Waals surface area contributed by atoms with Crippen LogP contribution in [0.4, 0.5) is 0 Å². The highest BCUT2D eigenvalue weighted by atomic mass is 35.5. The second-order valence-corrected chi connectivity index (χ2v) is 7.59. The van der Waals surface area contributed by atoms with Crippen LogP contribution in [0.25, 0.3) is 17.4 Å². The standard InChI is InChI=1S/C19H16Cl2O3/c1-19(2)9-16(22)14(17(23)10-19)8-12-4-6-18(24-12)13-7-11(20)3-5-15(13)21/h3-8H,9-10H2,1-2H3. The van der Waals surface area contributed by atoms with E-state index in [0.717, 1.165) is 0 Å². The summed E-state index contributed by atoms with van der Waals surface area (Å²) in [5.41, 5.74) is 0.581. The maximum Gasteiger partial charge on any atom is 0.167 e. The molecule has 1 aromatic heterocycles. The van der Waals surface area contributed by atoms with Crippen LogP contribution in [0.15, 0.2) is 40.3 Å². The summed E-state index contributed by atoms with van der Waals surface area (Å²) < 4.78 is 5.73. The van der Waals surface area contributed by atoms with Crippen molar-refractivity contribution in [1.29, 1.82) is 0 Å². The van der Waals surface area contributed by atoms with Crippen molar-refractivity contribution in [3.05, 3.63) is 51.7 Å². The molecule has 0 bridgehead atoms. The first-order valence-corrected chi connectivity index (χ1v) is 8.34. The number of Topliss-reactive ketones (excluding diaryl/α,β-unsaturated/α-hetero) is 2. The quantitative estimate of drug-likeness (QED) is 0.516. The van der Waals surface area contributed by atoms with Crippen molar-refractivity contribution in [3.63, 3.8) is 0 Å². The molecule has 1 aliphatic rings. The lowest BCUT2D eigenvalue weighted by Crippen LogP contribution is -2.31. The largest absolute Gasteiger partial charge is 0.457 e. The zero-order valence-electron chi connectivity index (χ0n) is 13.4. The summed E-state index contributed by atoms with van der Waals surface area (Å²) in [5.74, 6) is 0.688. The van der Waals surface area contributed by atoms with Crippen molar-refractivity contribution in [2.45, 2.75) is 26.7 Å². The molecule has 0 amide bonds. The zero-order valence-corrected chi connectivity index (χ0v) is 14.9. The number of halogens is 2. The number of hydrogen-bond acceptors (Lipinski definition) is 3. The van der Waals surface area contributed by atoms with Crippen LogP contribution in [-0.2, 0) is 9.59 Å². The van der Waals surface area contributed by atoms with Crippen LogP contribution in [0, 0.1) is 5.41 Å². The van der Waals surface area contributed by atoms with Crippen molar-refractivity contribution in [2.75, 3.05) is 0 Å². The van der Waals surface area contributed by atoms with Crippen molar-refractivity contribution >= 4 is 40.8 Å². The van der Waals surface area contributed by atoms with E-state index in [2.05, 4.69) is 0 Å². The molecule has 0 radical (unpaired) electrons. The Labute approximate surface area is 150 Å². The number of ketones is 2. The monoisotopic (exact) mass is 362 g/mol. The molecule has 24 heavy (non-hydrogen) atoms. The minimum absolute atomic E-state index is 0.144. The molecule has 0 N–H and O–H groups in total. The Morgan fingerprint density at radius 1 is 1.04 bits per heavy atom. The lowest BCUT2D eigenvalue weighted by molar-refractivity contribution is -0.127. The first kappa shape index (κ1) is 17.0. The van der Waals surface area contributed by atoms with Crippen LogP contribution in [0.1, 0.15) is 32.4 Å². The summed E-state index contributed by atoms with van der Waals surface area (Å²) in [5, 5.41) is 1.06. The van der Waals surface area contributed by atoms with Gasteiger partial charge < -0.3 is 4.42 Å². The smallest absolute Gasteiger partial charge is 0.167 e. The molecule has 5 heteroatoms. The zero-order chi connectivity index (χ0) is 17.5. The van der Waals surface area contributed by atoms with Gasteiger partial charge in [0, 0.05) is 23.4 Å². The van der Waals surface area contributed by atoms with Gasteiger partial charge in [0.2, 0.25) is 0 Å². The van der Waals surface area contributed by atoms with Crippen molar-refractivity contribution in [1.82, 2.24) is 0 Å². The molecular formula is C19H16Cl2O3. The molecule has 0 saturated heterocycles. The second kappa shape index (κ2) is 6.23. The Hall–Kier alpha value is -1.84. The van der Waals surface area contributed by atoms with Gasteiger partial charge in [-0.05, 0) is 41.8 Å². The van der Waals surface area contributed by atoms with Crippen LogP contribution in [-0.4, -0.2) is 11.6 Å². The molecule has 0 atom stereocenters. The first-order chi connectivity index (χ1) is 11.2. The lowest BCUT2D eigenvalue weighted by Gasteiger charge is -2.28. The van der Waals surface area contributed by atoms with Gasteiger partial charge in [-0.1, -0.05) is 37.0 Å². The lowest BCUT2D eigenvalue weighted by atomic mass is 9.74. The topological polar surface area (TPSA) is 47.3 Å². The van der Waals surface area contributed by atoms with Gasteiger partial charge >= 0.3 is 0 Å². The van der Waals surface area contributed by atoms with Gasteiger partial charge in [0.25, 0.3) is 0 Å². The Bertz CT molecular complexity index is 837. The van der Waals surface area contributed by atoms with Crippen molar-refractivity contribution in [3.8, 4) is 11.3 Å². The SMILES string of the molecule is CC1(C)CC(=O)C(=Cc2ccc(-c3cc(Cl)ccc3Cl)o2)C(=O)C1. The molecule has 3 nitrogen and oxygen atoms in total. The van der Waals surface area contributed by atoms with Crippen LogP contribution >= 0.6 is 23.2 Å². The second-order valence-electron chi connectivity index (χ2n) is 6.75. The highest BCUT2D eigenvalue weighted by Gasteiger charge is 2.35. The minimum atomic E-state index is -0.284. The number of rotatable bonds is 2. The number of carbonyl (C=O) groups excluding carboxylic acids is 2. The third-order valence-corrected chi connectivity index (χ3v) is 4.55. The van der Waals surface area contributed by atoms with Crippen LogP contribution < -0.4 is 0 Å². The fraction of sp³-hybridized carbons (Fsp3) is 0.263. The predicted octanol–water partition coefficient (Wildman–Crippen LogP) is 5.60. The highest BCUT2D eigenvalue weighted by molar-refractivity contribution is 6.35. The maximum absolute atomic E-state index is 12.2. The highest BCUT2D eigenvalue weighted by Crippen LogP contribution is 2.35. The summed E-state index contributed by atoms with van der Waals surface area (Å²) in [7, 11) is 0. The molecule has 0 spiro atoms. The third-order valence-electron chi connectivity index (χ3n) is 3.99. The molecule has 0 aliphatic heterocycles. The van der Waals surface area contributed by atoms with E-state index in [-0.39, 0.29) is 22.6 Å². The van der Waals surface area contributed by atoms with Crippen LogP contribution in [0.5, 0.6) is 0 Å². The van der Waals surface area contributed by atoms with Crippen LogP contribution in [0.3, 0.4) is 0 Å². The molecule has 1 saturated carbocycles. The fourth-order valence-corrected chi connectivity index (χ4v) is 3.23. The molecule has 1 fully saturated rings. The maximum atomic E-state index is 12.2. The van der Waals surface area contributed by atoms with Crippen LogP contribution in [0.2, 0.25) is 10.0 Å². The minimum Gasteiger partial charge on any atom is -0.457 e. The van der Waals surface area contributed by atoms with E-state index in [1.807, 2.05) is 13.8 Å². The molecular weight excluding hydrogens is 347 g/mol. The third kappa shape index (κ3) is 3.47. The van der Waals surface area contributed by atoms with Crippen molar-refractivity contribution in [2.24, 2.45) is 5.41 Å². The number of hydrogen-bond donors (Lipinski definition) is 0. The summed E-state index contributed by atoms with van der Waals surface area (Å²) in [6.45, 7) is 3.84. The van der Waals surface area contributed by atoms with Gasteiger partial charge in [0.15, 0.2) is 11.6 Å². The Morgan fingerprint density at radius 2 is 1.71 bits per heavy atom. The van der Waals surface area contributed by atoms with E-state index in [1.165, 1.54) is 6.08 Å². The molecule has 124 valence electrons. The Balaban J connectivity index is 1.93. The molecule has 3 rings (SSSR count). The first-order valence-electron chi connectivity index (χ1n) is 7.58. The number of allylic oxidation sites excluding steroid dienone is 1. The van der Waals surface area contributed by atoms with E-state index >= 15 is 0 Å². The van der Waals surface area contributed by atoms with Gasteiger partial charge in [0.1, 0.15) is 11.5 Å². The van der Waals surface area contributed by atoms with Crippen molar-refractivity contribution < 1.29 is 14.0 Å². The summed E-state index contributed by atoms with van der Waals surface area (Å²) in [6, 6.07) is 8.54. The van der Waals surface area contributed by atoms with E-state index in [4.69, 9.17) is 27.6 Å². The summed E-state index contributed by atoms with van der Waals surface area (Å²) in [6.07, 6.45) is 2.23. The molecule has 1 aliphatic carbocycles. The fourth-order valence-electron chi connectivity index (χ4n) is 2.84. The van der Waals surface area contributed by atoms with E-state index in [0.29, 0.717) is 40.0 Å². The summed E-state index contributed by atoms with van der Waals surface area (Å²) >= 11 is 12.2. The number of benzene rings is 1. The van der Waals surface area contributed by atoms with Gasteiger partial charge in [0.05, 0.1) is 10.6 Å². The average molecular weight is 363 g/mol. The Morgan fingerprint density at radius 3 is 2.38 bits per heavy atom. The molecule has 0 unspecified atom stereocenters. The van der Waals surface area contributed by atoms with Gasteiger partial charge in [-0.3, -0.25) is 9.59 Å². The Kier molecular flexibility index (Phi) is 4.41. The molecule has 1 heterocycles. The number of furan rings is 1. The van der Waals surface area contributed by atoms with E-state index < -0.39 is 0 Å². The van der Waals surface area contributed by atoms with E-state index in [1.54, 1.807) is 30.3 Å². The van der Waals surface area contributed by atoms with Gasteiger partial charge in [-0.15, -0.1) is 0 Å². The van der Waals surface area contributed by atoms with Gasteiger partial charge in [-0.25, -0.2) is 0 Å². The number of carbonyl (C=O) groups is 2. The predicted molar refractivity (Wildman–Crippen MR) is 95.2 cm³/mol. The summed E-state index contributed by atoms with van der Waals surface area (Å²) in [4.78, 5) is 24.5. The van der Waals surface area contributed by atoms with Gasteiger partial charge in [-0.2, -0.15) is 0 Å². The van der Waals surface area contributed by atoms with E-state index in [9.17, 15) is 9.59 Å². The average Bonchev–Trinajstić information content (AvgIpc) is 2.93. The molecule has 1 aromatic carbocycles.